The van der Waals surface area contributed by atoms with Crippen LogP contribution < -0.4 is 15.4 Å². The maximum Gasteiger partial charge on any atom is 0.255 e. The zero-order valence-electron chi connectivity index (χ0n) is 19.8. The topological polar surface area (TPSA) is 114 Å². The molecule has 1 aromatic carbocycles. The van der Waals surface area contributed by atoms with Crippen LogP contribution in [0.25, 0.3) is 0 Å². The fourth-order valence-electron chi connectivity index (χ4n) is 3.82. The van der Waals surface area contributed by atoms with E-state index in [1.807, 2.05) is 13.8 Å². The summed E-state index contributed by atoms with van der Waals surface area (Å²) in [6, 6.07) is 4.52. The molecular weight excluding hydrogens is 460 g/mol. The smallest absolute Gasteiger partial charge is 0.255 e. The first-order valence-corrected chi connectivity index (χ1v) is 11.8. The number of amides is 3. The highest BCUT2D eigenvalue weighted by Gasteiger charge is 2.21. The fourth-order valence-corrected chi connectivity index (χ4v) is 3.99. The third kappa shape index (κ3) is 6.96. The van der Waals surface area contributed by atoms with E-state index >= 15 is 0 Å². The minimum absolute atomic E-state index is 0.0384. The summed E-state index contributed by atoms with van der Waals surface area (Å²) < 4.78 is 11.0. The summed E-state index contributed by atoms with van der Waals surface area (Å²) in [6.07, 6.45) is 2.04. The number of hydrogen-bond donors (Lipinski definition) is 2. The summed E-state index contributed by atoms with van der Waals surface area (Å²) in [5.41, 5.74) is 2.04. The molecule has 0 unspecified atom stereocenters. The van der Waals surface area contributed by atoms with Crippen molar-refractivity contribution in [3.05, 3.63) is 45.8 Å². The predicted octanol–water partition coefficient (Wildman–Crippen LogP) is 2.81. The van der Waals surface area contributed by atoms with Crippen LogP contribution in [0.3, 0.4) is 0 Å². The zero-order valence-corrected chi connectivity index (χ0v) is 20.5. The van der Waals surface area contributed by atoms with Gasteiger partial charge in [0.05, 0.1) is 23.8 Å². The Morgan fingerprint density at radius 3 is 2.79 bits per heavy atom. The average molecular weight is 491 g/mol. The summed E-state index contributed by atoms with van der Waals surface area (Å²) in [7, 11) is 0. The Morgan fingerprint density at radius 1 is 1.26 bits per heavy atom. The maximum atomic E-state index is 13.0. The molecule has 0 spiro atoms. The van der Waals surface area contributed by atoms with Crippen LogP contribution >= 0.6 is 11.6 Å². The van der Waals surface area contributed by atoms with Crippen LogP contribution in [-0.4, -0.2) is 60.1 Å². The molecule has 0 aliphatic carbocycles. The van der Waals surface area contributed by atoms with Crippen LogP contribution in [0.15, 0.2) is 22.7 Å². The number of carbonyl (C=O) groups excluding carboxylic acids is 3. The van der Waals surface area contributed by atoms with Crippen LogP contribution in [0.5, 0.6) is 5.75 Å². The van der Waals surface area contributed by atoms with Gasteiger partial charge in [-0.15, -0.1) is 0 Å². The van der Waals surface area contributed by atoms with E-state index in [9.17, 15) is 14.4 Å². The third-order valence-corrected chi connectivity index (χ3v) is 5.92. The predicted molar refractivity (Wildman–Crippen MR) is 127 cm³/mol. The second-order valence-corrected chi connectivity index (χ2v) is 8.94. The van der Waals surface area contributed by atoms with Crippen molar-refractivity contribution in [2.75, 3.05) is 26.2 Å². The number of rotatable bonds is 3. The van der Waals surface area contributed by atoms with Gasteiger partial charge in [0.15, 0.2) is 0 Å². The molecule has 3 rings (SSSR count). The minimum Gasteiger partial charge on any atom is -0.491 e. The summed E-state index contributed by atoms with van der Waals surface area (Å²) >= 11 is 6.07. The van der Waals surface area contributed by atoms with Gasteiger partial charge in [-0.3, -0.25) is 14.4 Å². The van der Waals surface area contributed by atoms with Crippen LogP contribution in [0.1, 0.15) is 53.6 Å². The number of halogens is 1. The number of aryl methyl sites for hydroxylation is 2. The van der Waals surface area contributed by atoms with Gasteiger partial charge < -0.3 is 24.8 Å². The number of nitrogens with one attached hydrogen (secondary N) is 2. The number of ether oxygens (including phenoxy) is 1. The van der Waals surface area contributed by atoms with Crippen molar-refractivity contribution in [1.29, 1.82) is 0 Å². The monoisotopic (exact) mass is 490 g/mol. The molecular formula is C24H31ClN4O5. The van der Waals surface area contributed by atoms with Crippen molar-refractivity contribution in [2.24, 2.45) is 0 Å². The first kappa shape index (κ1) is 25.6. The third-order valence-electron chi connectivity index (χ3n) is 5.68. The molecule has 0 bridgehead atoms. The van der Waals surface area contributed by atoms with Gasteiger partial charge in [-0.05, 0) is 58.2 Å². The lowest BCUT2D eigenvalue weighted by atomic mass is 10.1. The van der Waals surface area contributed by atoms with Crippen LogP contribution in [-0.2, 0) is 16.0 Å². The second-order valence-electron chi connectivity index (χ2n) is 8.50. The van der Waals surface area contributed by atoms with Gasteiger partial charge in [0, 0.05) is 30.1 Å². The molecule has 1 aliphatic rings. The lowest BCUT2D eigenvalue weighted by Gasteiger charge is -2.23. The van der Waals surface area contributed by atoms with Gasteiger partial charge >= 0.3 is 0 Å². The number of nitrogens with zero attached hydrogens (tertiary/aromatic N) is 2. The Hall–Kier alpha value is -3.07. The molecule has 184 valence electrons. The van der Waals surface area contributed by atoms with Crippen molar-refractivity contribution in [3.8, 4) is 5.75 Å². The molecule has 1 atom stereocenters. The molecule has 9 nitrogen and oxygen atoms in total. The van der Waals surface area contributed by atoms with E-state index < -0.39 is 0 Å². The van der Waals surface area contributed by atoms with Gasteiger partial charge in [-0.1, -0.05) is 16.8 Å². The lowest BCUT2D eigenvalue weighted by molar-refractivity contribution is -0.136. The van der Waals surface area contributed by atoms with E-state index in [0.717, 1.165) is 11.3 Å². The Balaban J connectivity index is 1.67. The molecule has 2 aromatic rings. The van der Waals surface area contributed by atoms with E-state index in [1.165, 1.54) is 0 Å². The van der Waals surface area contributed by atoms with Crippen LogP contribution in [0.2, 0.25) is 5.02 Å². The SMILES string of the molecule is Cc1noc(C)c1CCC(=O)N1CCCCNC(=O)c2cc(Cl)ccc2OC[C@@H](C)NC(=O)C1. The van der Waals surface area contributed by atoms with E-state index in [-0.39, 0.29) is 43.3 Å². The van der Waals surface area contributed by atoms with Crippen molar-refractivity contribution in [2.45, 2.75) is 52.5 Å². The summed E-state index contributed by atoms with van der Waals surface area (Å²) in [5, 5.41) is 10.1. The van der Waals surface area contributed by atoms with Crippen molar-refractivity contribution in [1.82, 2.24) is 20.7 Å². The largest absolute Gasteiger partial charge is 0.491 e. The summed E-state index contributed by atoms with van der Waals surface area (Å²) in [5.74, 6) is 0.439. The average Bonchev–Trinajstić information content (AvgIpc) is 3.11. The van der Waals surface area contributed by atoms with Gasteiger partial charge in [0.25, 0.3) is 5.91 Å². The molecule has 2 heterocycles. The molecule has 0 saturated heterocycles. The van der Waals surface area contributed by atoms with Crippen LogP contribution in [0, 0.1) is 13.8 Å². The van der Waals surface area contributed by atoms with Gasteiger partial charge in [-0.25, -0.2) is 0 Å². The summed E-state index contributed by atoms with van der Waals surface area (Å²) in [4.78, 5) is 39.8. The molecule has 3 amide bonds. The first-order chi connectivity index (χ1) is 16.2. The normalized spacial score (nSPS) is 18.1. The van der Waals surface area contributed by atoms with E-state index in [0.29, 0.717) is 54.4 Å². The molecule has 10 heteroatoms. The fraction of sp³-hybridized carbons (Fsp3) is 0.500. The Labute approximate surface area is 204 Å². The highest BCUT2D eigenvalue weighted by atomic mass is 35.5. The highest BCUT2D eigenvalue weighted by Crippen LogP contribution is 2.23. The Bertz CT molecular complexity index is 1020. The Kier molecular flexibility index (Phi) is 8.92. The molecule has 0 radical (unpaired) electrons. The quantitative estimate of drug-likeness (QED) is 0.684. The van der Waals surface area contributed by atoms with Crippen molar-refractivity contribution in [3.63, 3.8) is 0 Å². The Morgan fingerprint density at radius 2 is 2.06 bits per heavy atom. The van der Waals surface area contributed by atoms with E-state index in [2.05, 4.69) is 15.8 Å². The lowest BCUT2D eigenvalue weighted by Crippen LogP contribution is -2.45. The highest BCUT2D eigenvalue weighted by molar-refractivity contribution is 6.31. The number of hydrogen-bond acceptors (Lipinski definition) is 6. The molecule has 2 N–H and O–H groups in total. The maximum absolute atomic E-state index is 13.0. The van der Waals surface area contributed by atoms with Crippen LogP contribution in [0.4, 0.5) is 0 Å². The molecule has 34 heavy (non-hydrogen) atoms. The number of fused-ring (bicyclic) bond motifs is 1. The molecule has 1 aromatic heterocycles. The van der Waals surface area contributed by atoms with E-state index in [4.69, 9.17) is 20.9 Å². The minimum atomic E-state index is -0.330. The molecule has 0 saturated carbocycles. The first-order valence-electron chi connectivity index (χ1n) is 11.4. The number of benzene rings is 1. The standard InChI is InChI=1S/C24H31ClN4O5/c1-15-14-33-21-8-6-18(25)12-20(21)24(32)26-10-4-5-11-29(13-22(30)27-15)23(31)9-7-19-16(2)28-34-17(19)3/h6,8,12,15H,4-5,7,9-11,13-14H2,1-3H3,(H,26,32)(H,27,30)/t15-/m1/s1. The van der Waals surface area contributed by atoms with Gasteiger partial charge in [-0.2, -0.15) is 0 Å². The zero-order chi connectivity index (χ0) is 24.7. The van der Waals surface area contributed by atoms with Gasteiger partial charge in [0.1, 0.15) is 18.1 Å². The second kappa shape index (κ2) is 11.9. The van der Waals surface area contributed by atoms with Gasteiger partial charge in [0.2, 0.25) is 11.8 Å². The van der Waals surface area contributed by atoms with Crippen molar-refractivity contribution < 1.29 is 23.6 Å². The number of aromatic nitrogens is 1. The molecule has 0 fully saturated rings. The number of carbonyl (C=O) groups is 3. The summed E-state index contributed by atoms with van der Waals surface area (Å²) in [6.45, 7) is 6.43. The molecule has 1 aliphatic heterocycles. The van der Waals surface area contributed by atoms with Crippen molar-refractivity contribution >= 4 is 29.3 Å². The van der Waals surface area contributed by atoms with E-state index in [1.54, 1.807) is 30.0 Å².